The van der Waals surface area contributed by atoms with Crippen molar-refractivity contribution in [3.63, 3.8) is 0 Å². The molecule has 1 aromatic rings. The second-order valence-electron chi connectivity index (χ2n) is 2.19. The third-order valence-electron chi connectivity index (χ3n) is 1.31. The van der Waals surface area contributed by atoms with E-state index in [1.807, 2.05) is 5.10 Å². The van der Waals surface area contributed by atoms with Gasteiger partial charge in [0.25, 0.3) is 0 Å². The summed E-state index contributed by atoms with van der Waals surface area (Å²) >= 11 is 0. The Bertz CT molecular complexity index is 327. The summed E-state index contributed by atoms with van der Waals surface area (Å²) in [7, 11) is 0. The number of aldehydes is 1. The zero-order chi connectivity index (χ0) is 9.90. The fourth-order valence-electron chi connectivity index (χ4n) is 0.792. The zero-order valence-electron chi connectivity index (χ0n) is 6.30. The first kappa shape index (κ1) is 9.50. The van der Waals surface area contributed by atoms with Gasteiger partial charge in [-0.25, -0.2) is 0 Å². The summed E-state index contributed by atoms with van der Waals surface area (Å²) in [6.45, 7) is 0. The minimum atomic E-state index is -4.47. The lowest BCUT2D eigenvalue weighted by Crippen LogP contribution is -2.07. The standard InChI is InChI=1S/C7H5F3N2O/c8-7(9,10)6-5(2-1-3-13)4-11-12-6/h1-4H,(H,11,12). The van der Waals surface area contributed by atoms with Crippen LogP contribution in [0.15, 0.2) is 12.3 Å². The van der Waals surface area contributed by atoms with E-state index in [0.29, 0.717) is 6.29 Å². The molecule has 0 aliphatic rings. The van der Waals surface area contributed by atoms with Crippen LogP contribution in [0.3, 0.4) is 0 Å². The number of alkyl halides is 3. The van der Waals surface area contributed by atoms with Crippen LogP contribution in [0.5, 0.6) is 0 Å². The van der Waals surface area contributed by atoms with E-state index < -0.39 is 11.9 Å². The quantitative estimate of drug-likeness (QED) is 0.569. The maximum Gasteiger partial charge on any atom is 0.433 e. The van der Waals surface area contributed by atoms with E-state index in [1.165, 1.54) is 0 Å². The normalized spacial score (nSPS) is 12.2. The number of aromatic nitrogens is 2. The van der Waals surface area contributed by atoms with E-state index in [9.17, 15) is 18.0 Å². The fourth-order valence-corrected chi connectivity index (χ4v) is 0.792. The van der Waals surface area contributed by atoms with Crippen LogP contribution in [0.4, 0.5) is 13.2 Å². The molecular weight excluding hydrogens is 185 g/mol. The molecular formula is C7H5F3N2O. The number of hydrogen-bond acceptors (Lipinski definition) is 2. The summed E-state index contributed by atoms with van der Waals surface area (Å²) < 4.78 is 36.3. The van der Waals surface area contributed by atoms with Crippen LogP contribution >= 0.6 is 0 Å². The van der Waals surface area contributed by atoms with Gasteiger partial charge in [0.15, 0.2) is 0 Å². The Kier molecular flexibility index (Phi) is 2.50. The average molecular weight is 190 g/mol. The fraction of sp³-hybridized carbons (Fsp3) is 0.143. The van der Waals surface area contributed by atoms with Gasteiger partial charge in [-0.1, -0.05) is 0 Å². The van der Waals surface area contributed by atoms with Crippen molar-refractivity contribution in [3.05, 3.63) is 23.5 Å². The second kappa shape index (κ2) is 3.42. The lowest BCUT2D eigenvalue weighted by atomic mass is 10.2. The molecule has 6 heteroatoms. The molecule has 0 aliphatic heterocycles. The zero-order valence-corrected chi connectivity index (χ0v) is 6.30. The Morgan fingerprint density at radius 2 is 2.15 bits per heavy atom. The van der Waals surface area contributed by atoms with Crippen LogP contribution in [0.1, 0.15) is 11.3 Å². The molecule has 0 saturated carbocycles. The molecule has 0 saturated heterocycles. The van der Waals surface area contributed by atoms with Gasteiger partial charge in [-0.2, -0.15) is 18.3 Å². The molecule has 3 nitrogen and oxygen atoms in total. The minimum Gasteiger partial charge on any atom is -0.299 e. The highest BCUT2D eigenvalue weighted by Crippen LogP contribution is 2.30. The molecule has 0 fully saturated rings. The van der Waals surface area contributed by atoms with Crippen LogP contribution in [0, 0.1) is 0 Å². The van der Waals surface area contributed by atoms with E-state index >= 15 is 0 Å². The minimum absolute atomic E-state index is 0.153. The molecule has 1 rings (SSSR count). The van der Waals surface area contributed by atoms with Gasteiger partial charge in [0, 0.05) is 5.56 Å². The maximum absolute atomic E-state index is 12.1. The molecule has 13 heavy (non-hydrogen) atoms. The largest absolute Gasteiger partial charge is 0.433 e. The van der Waals surface area contributed by atoms with Crippen LogP contribution in [0.25, 0.3) is 6.08 Å². The summed E-state index contributed by atoms with van der Waals surface area (Å²) in [5, 5.41) is 5.04. The number of H-pyrrole nitrogens is 1. The van der Waals surface area contributed by atoms with E-state index in [0.717, 1.165) is 18.3 Å². The smallest absolute Gasteiger partial charge is 0.299 e. The third-order valence-corrected chi connectivity index (χ3v) is 1.31. The number of aromatic amines is 1. The molecule has 0 unspecified atom stereocenters. The number of rotatable bonds is 2. The SMILES string of the molecule is O=CC=Cc1cn[nH]c1C(F)(F)F. The van der Waals surface area contributed by atoms with Crippen LogP contribution in [0.2, 0.25) is 0 Å². The molecule has 0 spiro atoms. The summed E-state index contributed by atoms with van der Waals surface area (Å²) in [5.41, 5.74) is -1.11. The summed E-state index contributed by atoms with van der Waals surface area (Å²) in [6, 6.07) is 0. The van der Waals surface area contributed by atoms with Crippen molar-refractivity contribution in [1.82, 2.24) is 10.2 Å². The Morgan fingerprint density at radius 3 is 2.69 bits per heavy atom. The Balaban J connectivity index is 3.03. The first-order valence-corrected chi connectivity index (χ1v) is 3.28. The molecule has 70 valence electrons. The number of carbonyl (C=O) groups is 1. The molecule has 0 amide bonds. The van der Waals surface area contributed by atoms with Crippen LogP contribution < -0.4 is 0 Å². The molecule has 1 heterocycles. The average Bonchev–Trinajstić information content (AvgIpc) is 2.47. The Labute approximate surface area is 71.3 Å². The van der Waals surface area contributed by atoms with Gasteiger partial charge in [0.2, 0.25) is 0 Å². The summed E-state index contributed by atoms with van der Waals surface area (Å²) in [5.74, 6) is 0. The maximum atomic E-state index is 12.1. The number of halogens is 3. The predicted molar refractivity (Wildman–Crippen MR) is 38.7 cm³/mol. The van der Waals surface area contributed by atoms with E-state index in [1.54, 1.807) is 0 Å². The molecule has 1 N–H and O–H groups in total. The molecule has 0 bridgehead atoms. The lowest BCUT2D eigenvalue weighted by Gasteiger charge is -2.03. The van der Waals surface area contributed by atoms with Gasteiger partial charge in [0.05, 0.1) is 6.20 Å². The molecule has 0 aromatic carbocycles. The van der Waals surface area contributed by atoms with Crippen molar-refractivity contribution in [2.45, 2.75) is 6.18 Å². The number of carbonyl (C=O) groups excluding carboxylic acids is 1. The Morgan fingerprint density at radius 1 is 1.46 bits per heavy atom. The summed E-state index contributed by atoms with van der Waals surface area (Å²) in [4.78, 5) is 9.86. The molecule has 0 radical (unpaired) electrons. The number of allylic oxidation sites excluding steroid dienone is 1. The highest BCUT2D eigenvalue weighted by molar-refractivity contribution is 5.74. The van der Waals surface area contributed by atoms with Gasteiger partial charge in [-0.15, -0.1) is 0 Å². The molecule has 0 atom stereocenters. The first-order chi connectivity index (χ1) is 6.05. The second-order valence-corrected chi connectivity index (χ2v) is 2.19. The van der Waals surface area contributed by atoms with Gasteiger partial charge in [-0.3, -0.25) is 9.89 Å². The molecule has 1 aromatic heterocycles. The van der Waals surface area contributed by atoms with Gasteiger partial charge < -0.3 is 0 Å². The topological polar surface area (TPSA) is 45.8 Å². The highest BCUT2D eigenvalue weighted by Gasteiger charge is 2.34. The van der Waals surface area contributed by atoms with E-state index in [-0.39, 0.29) is 5.56 Å². The summed E-state index contributed by atoms with van der Waals surface area (Å²) in [6.07, 6.45) is -1.06. The predicted octanol–water partition coefficient (Wildman–Crippen LogP) is 1.64. The van der Waals surface area contributed by atoms with Gasteiger partial charge >= 0.3 is 6.18 Å². The van der Waals surface area contributed by atoms with Crippen molar-refractivity contribution < 1.29 is 18.0 Å². The first-order valence-electron chi connectivity index (χ1n) is 3.28. The molecule has 0 aliphatic carbocycles. The Hall–Kier alpha value is -1.59. The van der Waals surface area contributed by atoms with Crippen molar-refractivity contribution in [2.24, 2.45) is 0 Å². The third kappa shape index (κ3) is 2.17. The van der Waals surface area contributed by atoms with E-state index in [4.69, 9.17) is 0 Å². The highest BCUT2D eigenvalue weighted by atomic mass is 19.4. The van der Waals surface area contributed by atoms with Crippen molar-refractivity contribution in [3.8, 4) is 0 Å². The number of hydrogen-bond donors (Lipinski definition) is 1. The number of nitrogens with zero attached hydrogens (tertiary/aromatic N) is 1. The van der Waals surface area contributed by atoms with Crippen molar-refractivity contribution in [2.75, 3.05) is 0 Å². The van der Waals surface area contributed by atoms with Gasteiger partial charge in [0.1, 0.15) is 12.0 Å². The monoisotopic (exact) mass is 190 g/mol. The van der Waals surface area contributed by atoms with Crippen LogP contribution in [-0.4, -0.2) is 16.5 Å². The van der Waals surface area contributed by atoms with Crippen LogP contribution in [-0.2, 0) is 11.0 Å². The van der Waals surface area contributed by atoms with Crippen molar-refractivity contribution >= 4 is 12.4 Å². The number of nitrogens with one attached hydrogen (secondary N) is 1. The van der Waals surface area contributed by atoms with E-state index in [2.05, 4.69) is 5.10 Å². The lowest BCUT2D eigenvalue weighted by molar-refractivity contribution is -0.141. The van der Waals surface area contributed by atoms with Crippen molar-refractivity contribution in [1.29, 1.82) is 0 Å². The van der Waals surface area contributed by atoms with Gasteiger partial charge in [-0.05, 0) is 12.2 Å².